The topological polar surface area (TPSA) is 0 Å². The molecule has 3 atom stereocenters. The molecule has 0 nitrogen and oxygen atoms in total. The van der Waals surface area contributed by atoms with Crippen LogP contribution in [0.25, 0.3) is 34.4 Å². The van der Waals surface area contributed by atoms with Gasteiger partial charge in [-0.3, -0.25) is 0 Å². The van der Waals surface area contributed by atoms with Crippen molar-refractivity contribution in [3.8, 4) is 22.3 Å². The van der Waals surface area contributed by atoms with Gasteiger partial charge < -0.3 is 0 Å². The molecule has 0 spiro atoms. The van der Waals surface area contributed by atoms with Gasteiger partial charge in [-0.05, 0) is 0 Å². The second-order valence-electron chi connectivity index (χ2n) is 19.4. The van der Waals surface area contributed by atoms with E-state index in [9.17, 15) is 13.2 Å². The summed E-state index contributed by atoms with van der Waals surface area (Å²) in [6, 6.07) is 31.3. The van der Waals surface area contributed by atoms with E-state index in [0.717, 1.165) is 25.7 Å². The molecule has 0 N–H and O–H groups in total. The van der Waals surface area contributed by atoms with Crippen molar-refractivity contribution in [3.05, 3.63) is 129 Å². The van der Waals surface area contributed by atoms with Crippen molar-refractivity contribution in [1.29, 1.82) is 0 Å². The van der Waals surface area contributed by atoms with Crippen molar-refractivity contribution >= 4 is 35.1 Å². The third kappa shape index (κ3) is 9.49. The molecule has 0 aliphatic heterocycles. The number of fused-ring (bicyclic) bond motifs is 2. The molecule has 325 valence electrons. The molecule has 0 aromatic heterocycles. The number of allylic oxidation sites excluding steroid dienone is 2. The molecule has 0 radical (unpaired) electrons. The molecule has 0 heterocycles. The van der Waals surface area contributed by atoms with E-state index in [-0.39, 0.29) is 13.3 Å². The van der Waals surface area contributed by atoms with E-state index in [2.05, 4.69) is 117 Å². The first-order valence-electron chi connectivity index (χ1n) is 23.9. The molecule has 3 unspecified atom stereocenters. The number of halogens is 5. The van der Waals surface area contributed by atoms with Crippen LogP contribution in [0.4, 0.5) is 13.2 Å². The van der Waals surface area contributed by atoms with Gasteiger partial charge in [0.2, 0.25) is 0 Å². The molecule has 4 aliphatic carbocycles. The van der Waals surface area contributed by atoms with Crippen LogP contribution >= 0.6 is 17.0 Å². The predicted molar refractivity (Wildman–Crippen MR) is 256 cm³/mol. The molecule has 4 aromatic carbocycles. The minimum atomic E-state index is -5.68. The first-order chi connectivity index (χ1) is 29.4. The van der Waals surface area contributed by atoms with E-state index in [1.165, 1.54) is 144 Å². The maximum atomic E-state index is 14.5. The molecular weight excluding hydrogens is 896 g/mol. The van der Waals surface area contributed by atoms with Gasteiger partial charge in [0.15, 0.2) is 0 Å². The quantitative estimate of drug-likeness (QED) is 0.0925. The Labute approximate surface area is 373 Å². The van der Waals surface area contributed by atoms with Gasteiger partial charge in [-0.15, -0.1) is 0 Å². The van der Waals surface area contributed by atoms with Crippen LogP contribution in [0.15, 0.2) is 96.1 Å². The average Bonchev–Trinajstić information content (AvgIpc) is 3.57. The summed E-state index contributed by atoms with van der Waals surface area (Å²) in [6.45, 7) is 6.54. The Hall–Kier alpha value is -2.17. The van der Waals surface area contributed by atoms with Gasteiger partial charge in [0.1, 0.15) is 0 Å². The molecule has 8 rings (SSSR count). The summed E-state index contributed by atoms with van der Waals surface area (Å²) < 4.78 is 43.1. The zero-order valence-corrected chi connectivity index (χ0v) is 41.9. The zero-order valence-electron chi connectivity index (χ0n) is 36.7. The summed E-state index contributed by atoms with van der Waals surface area (Å²) in [5, 5.41) is 0. The van der Waals surface area contributed by atoms with E-state index < -0.39 is 34.1 Å². The Bertz CT molecular complexity index is 2060. The van der Waals surface area contributed by atoms with Crippen LogP contribution in [0.2, 0.25) is 12.6 Å². The van der Waals surface area contributed by atoms with Crippen molar-refractivity contribution in [2.24, 2.45) is 11.8 Å². The zero-order chi connectivity index (χ0) is 42.8. The second kappa shape index (κ2) is 19.1. The van der Waals surface area contributed by atoms with Crippen LogP contribution in [0.1, 0.15) is 151 Å². The fraction of sp³-hybridized carbons (Fsp3) is 0.481. The van der Waals surface area contributed by atoms with Crippen molar-refractivity contribution in [2.45, 2.75) is 149 Å². The third-order valence-electron chi connectivity index (χ3n) is 15.6. The van der Waals surface area contributed by atoms with Gasteiger partial charge in [0.05, 0.1) is 0 Å². The van der Waals surface area contributed by atoms with Crippen molar-refractivity contribution < 1.29 is 28.7 Å². The van der Waals surface area contributed by atoms with Crippen LogP contribution in [-0.4, -0.2) is 12.1 Å². The van der Waals surface area contributed by atoms with Crippen molar-refractivity contribution in [1.82, 2.24) is 0 Å². The molecule has 0 amide bonds. The Morgan fingerprint density at radius 1 is 0.574 bits per heavy atom. The molecule has 2 fully saturated rings. The van der Waals surface area contributed by atoms with Gasteiger partial charge in [0.25, 0.3) is 0 Å². The van der Waals surface area contributed by atoms with E-state index in [1.54, 1.807) is 0 Å². The molecule has 7 heteroatoms. The summed E-state index contributed by atoms with van der Waals surface area (Å²) in [6.07, 6.45) is 18.3. The number of benzene rings is 4. The molecule has 0 saturated heterocycles. The summed E-state index contributed by atoms with van der Waals surface area (Å²) in [4.78, 5) is 0. The second-order valence-corrected chi connectivity index (χ2v) is 60.8. The van der Waals surface area contributed by atoms with Gasteiger partial charge >= 0.3 is 376 Å². The van der Waals surface area contributed by atoms with Crippen molar-refractivity contribution in [2.75, 3.05) is 0 Å². The van der Waals surface area contributed by atoms with E-state index in [0.29, 0.717) is 11.8 Å². The summed E-state index contributed by atoms with van der Waals surface area (Å²) in [5.41, 5.74) is 14.6. The van der Waals surface area contributed by atoms with Crippen LogP contribution in [0.5, 0.6) is 0 Å². The predicted octanol–water partition coefficient (Wildman–Crippen LogP) is 17.7. The molecule has 0 bridgehead atoms. The number of hydrogen-bond acceptors (Lipinski definition) is 0. The molecule has 2 saturated carbocycles. The Balaban J connectivity index is 1.36. The van der Waals surface area contributed by atoms with Crippen molar-refractivity contribution in [3.63, 3.8) is 0 Å². The van der Waals surface area contributed by atoms with Crippen LogP contribution in [0.3, 0.4) is 0 Å². The summed E-state index contributed by atoms with van der Waals surface area (Å²) >= 11 is -5.68. The summed E-state index contributed by atoms with van der Waals surface area (Å²) in [7, 11) is 18.2. The number of hydrogen-bond donors (Lipinski definition) is 0. The average molecular weight is 962 g/mol. The van der Waals surface area contributed by atoms with E-state index in [1.807, 2.05) is 0 Å². The Kier molecular flexibility index (Phi) is 14.2. The SMILES string of the molecule is CCc1ccc(-c2cccc3c2C=C(CC2CCCCCC2)[CH]3[Zr]([Cl])([Cl])([CH]2C(CC3CCCCCC3)=Cc3c(-c4ccc(CC)cc4)cccc32)[SiH](C)CCC(F)(F)F)cc1. The minimum absolute atomic E-state index is 0.0726. The first kappa shape index (κ1) is 45.4. The summed E-state index contributed by atoms with van der Waals surface area (Å²) in [5.74, 6) is -1.50. The Morgan fingerprint density at radius 3 is 1.33 bits per heavy atom. The number of alkyl halides is 3. The fourth-order valence-electron chi connectivity index (χ4n) is 12.1. The standard InChI is InChI=1S/2C25H29.C4H8F3Si.2ClH.Zr/c2*1-2-19-12-14-22(15-13-19)24-11-7-10-23-17-21(18-25(23)24)16-20-8-5-3-4-6-9-20;1-8-3-2-4(5,6)7;;;/h2*7,10-15,17-18,20H,2-6,8-9,16H2,1H3;8H,2-3H2,1H3;2*1H;/q;;;;;+2/p-2. The molecule has 4 aliphatic rings. The monoisotopic (exact) mass is 959 g/mol. The van der Waals surface area contributed by atoms with Gasteiger partial charge in [-0.2, -0.15) is 0 Å². The first-order valence-corrected chi connectivity index (χ1v) is 39.8. The van der Waals surface area contributed by atoms with Crippen LogP contribution in [-0.2, 0) is 28.4 Å². The van der Waals surface area contributed by atoms with Gasteiger partial charge in [0, 0.05) is 0 Å². The Morgan fingerprint density at radius 2 is 0.967 bits per heavy atom. The number of rotatable bonds is 13. The van der Waals surface area contributed by atoms with Crippen LogP contribution in [0, 0.1) is 11.8 Å². The fourth-order valence-corrected chi connectivity index (χ4v) is 52.2. The molecule has 61 heavy (non-hydrogen) atoms. The molecule has 4 aromatic rings. The normalized spacial score (nSPS) is 21.4. The van der Waals surface area contributed by atoms with E-state index >= 15 is 0 Å². The maximum absolute atomic E-state index is 14.5. The van der Waals surface area contributed by atoms with Crippen LogP contribution < -0.4 is 0 Å². The molecular formula is C54H66Cl2F3SiZr. The van der Waals surface area contributed by atoms with E-state index in [4.69, 9.17) is 17.0 Å². The number of aryl methyl sites for hydroxylation is 2. The van der Waals surface area contributed by atoms with Gasteiger partial charge in [-0.1, -0.05) is 0 Å². The van der Waals surface area contributed by atoms with Gasteiger partial charge in [-0.25, -0.2) is 0 Å². The third-order valence-corrected chi connectivity index (χ3v) is 65.7.